The third-order valence-corrected chi connectivity index (χ3v) is 7.66. The van der Waals surface area contributed by atoms with E-state index in [0.29, 0.717) is 25.3 Å². The summed E-state index contributed by atoms with van der Waals surface area (Å²) in [6, 6.07) is 8.16. The van der Waals surface area contributed by atoms with E-state index in [4.69, 9.17) is 4.74 Å². The van der Waals surface area contributed by atoms with Crippen molar-refractivity contribution in [2.75, 3.05) is 19.8 Å². The van der Waals surface area contributed by atoms with Crippen molar-refractivity contribution in [1.29, 1.82) is 0 Å². The van der Waals surface area contributed by atoms with E-state index in [2.05, 4.69) is 26.2 Å². The highest BCUT2D eigenvalue weighted by Gasteiger charge is 2.58. The van der Waals surface area contributed by atoms with E-state index in [9.17, 15) is 10.2 Å². The minimum Gasteiger partial charge on any atom is -0.396 e. The maximum atomic E-state index is 11.2. The van der Waals surface area contributed by atoms with Gasteiger partial charge in [-0.1, -0.05) is 18.2 Å². The van der Waals surface area contributed by atoms with Crippen molar-refractivity contribution in [2.45, 2.75) is 30.9 Å². The Morgan fingerprint density at radius 1 is 0.971 bits per heavy atom. The molecule has 3 atom stereocenters. The van der Waals surface area contributed by atoms with E-state index in [0.717, 1.165) is 34.2 Å². The van der Waals surface area contributed by atoms with Gasteiger partial charge in [-0.3, -0.25) is 9.36 Å². The first-order valence-corrected chi connectivity index (χ1v) is 11.9. The van der Waals surface area contributed by atoms with Gasteiger partial charge >= 0.3 is 0 Å². The minimum absolute atomic E-state index is 0.0468. The van der Waals surface area contributed by atoms with Gasteiger partial charge in [0.05, 0.1) is 43.9 Å². The van der Waals surface area contributed by atoms with Crippen molar-refractivity contribution >= 4 is 0 Å². The van der Waals surface area contributed by atoms with Crippen LogP contribution in [0.5, 0.6) is 0 Å². The van der Waals surface area contributed by atoms with Crippen LogP contribution >= 0.6 is 0 Å². The van der Waals surface area contributed by atoms with E-state index in [1.54, 1.807) is 4.68 Å². The molecule has 4 heterocycles. The second kappa shape index (κ2) is 8.37. The lowest BCUT2D eigenvalue weighted by Crippen LogP contribution is -2.54. The van der Waals surface area contributed by atoms with Crippen molar-refractivity contribution in [2.24, 2.45) is 12.5 Å². The molecule has 9 nitrogen and oxygen atoms in total. The molecule has 1 saturated heterocycles. The lowest BCUT2D eigenvalue weighted by Gasteiger charge is -2.46. The van der Waals surface area contributed by atoms with Gasteiger partial charge in [-0.15, -0.1) is 0 Å². The summed E-state index contributed by atoms with van der Waals surface area (Å²) in [5.74, 6) is 0.656. The van der Waals surface area contributed by atoms with E-state index in [-0.39, 0.29) is 19.3 Å². The summed E-state index contributed by atoms with van der Waals surface area (Å²) >= 11 is 0. The molecule has 3 aromatic heterocycles. The second-order valence-electron chi connectivity index (χ2n) is 9.85. The van der Waals surface area contributed by atoms with Crippen molar-refractivity contribution < 1.29 is 14.9 Å². The van der Waals surface area contributed by atoms with Crippen LogP contribution in [0.25, 0.3) is 33.6 Å². The molecule has 0 bridgehead atoms. The molecule has 0 amide bonds. The fourth-order valence-electron chi connectivity index (χ4n) is 5.44. The number of hydrogen-bond acceptors (Lipinski definition) is 7. The Labute approximate surface area is 203 Å². The molecular weight excluding hydrogens is 444 g/mol. The van der Waals surface area contributed by atoms with Gasteiger partial charge in [0.2, 0.25) is 0 Å². The fraction of sp³-hybridized carbons (Fsp3) is 0.385. The zero-order chi connectivity index (χ0) is 24.0. The highest BCUT2D eigenvalue weighted by molar-refractivity contribution is 5.70. The Morgan fingerprint density at radius 2 is 1.74 bits per heavy atom. The summed E-state index contributed by atoms with van der Waals surface area (Å²) in [7, 11) is 1.90. The Hall–Kier alpha value is -3.40. The fourth-order valence-corrected chi connectivity index (χ4v) is 5.44. The largest absolute Gasteiger partial charge is 0.396 e. The predicted octanol–water partition coefficient (Wildman–Crippen LogP) is 2.87. The number of aliphatic hydroxyl groups excluding tert-OH is 1. The van der Waals surface area contributed by atoms with Crippen molar-refractivity contribution in [1.82, 2.24) is 29.5 Å². The SMILES string of the molecule is Cn1cc(-c2cccc(-c3ncc(-c4cnn([C@@H]5CC[C@@]6(CO)COC[C@@]6(O)C5)c4)cn3)c2)cn1. The number of rotatable bonds is 5. The van der Waals surface area contributed by atoms with Gasteiger partial charge in [0.15, 0.2) is 5.82 Å². The molecule has 1 aliphatic carbocycles. The summed E-state index contributed by atoms with van der Waals surface area (Å²) in [5, 5.41) is 30.0. The number of aromatic nitrogens is 6. The first-order chi connectivity index (χ1) is 17.0. The molecule has 0 spiro atoms. The summed E-state index contributed by atoms with van der Waals surface area (Å²) in [6.07, 6.45) is 13.3. The number of aryl methyl sites for hydroxylation is 1. The normalized spacial score (nSPS) is 26.1. The molecule has 6 rings (SSSR count). The lowest BCUT2D eigenvalue weighted by atomic mass is 9.64. The number of fused-ring (bicyclic) bond motifs is 1. The van der Waals surface area contributed by atoms with Gasteiger partial charge in [-0.25, -0.2) is 9.97 Å². The van der Waals surface area contributed by atoms with Gasteiger partial charge in [-0.2, -0.15) is 10.2 Å². The molecule has 1 saturated carbocycles. The third-order valence-electron chi connectivity index (χ3n) is 7.66. The summed E-state index contributed by atoms with van der Waals surface area (Å²) in [6.45, 7) is 0.608. The standard InChI is InChI=1S/C26H28N6O3/c1-31-13-21(11-29-31)18-3-2-4-19(7-18)24-27-9-20(10-28-24)22-12-30-32(14-22)23-5-6-25(15-33)16-35-17-26(25,34)8-23/h2-4,7,9-14,23,33-34H,5-6,8,15-17H2,1H3/t23-,25-,26+/m1/s1. The molecule has 35 heavy (non-hydrogen) atoms. The average molecular weight is 473 g/mol. The van der Waals surface area contributed by atoms with Gasteiger partial charge in [0.25, 0.3) is 0 Å². The maximum absolute atomic E-state index is 11.2. The number of ether oxygens (including phenoxy) is 1. The zero-order valence-corrected chi connectivity index (χ0v) is 19.6. The van der Waals surface area contributed by atoms with Crippen LogP contribution in [0.1, 0.15) is 25.3 Å². The Bertz CT molecular complexity index is 1350. The molecule has 1 aliphatic heterocycles. The number of nitrogens with zero attached hydrogens (tertiary/aromatic N) is 6. The number of hydrogen-bond donors (Lipinski definition) is 2. The molecule has 4 aromatic rings. The Balaban J connectivity index is 1.20. The second-order valence-corrected chi connectivity index (χ2v) is 9.85. The van der Waals surface area contributed by atoms with Gasteiger partial charge in [0.1, 0.15) is 0 Å². The van der Waals surface area contributed by atoms with Crippen LogP contribution in [0.3, 0.4) is 0 Å². The quantitative estimate of drug-likeness (QED) is 0.459. The lowest BCUT2D eigenvalue weighted by molar-refractivity contribution is -0.114. The smallest absolute Gasteiger partial charge is 0.159 e. The third kappa shape index (κ3) is 3.76. The Kier molecular flexibility index (Phi) is 5.28. The van der Waals surface area contributed by atoms with E-state index >= 15 is 0 Å². The summed E-state index contributed by atoms with van der Waals surface area (Å²) in [4.78, 5) is 9.22. The van der Waals surface area contributed by atoms with Crippen LogP contribution in [0.2, 0.25) is 0 Å². The van der Waals surface area contributed by atoms with Gasteiger partial charge < -0.3 is 14.9 Å². The molecule has 9 heteroatoms. The molecule has 2 fully saturated rings. The van der Waals surface area contributed by atoms with Crippen LogP contribution in [0.15, 0.2) is 61.4 Å². The minimum atomic E-state index is -1.02. The highest BCUT2D eigenvalue weighted by Crippen LogP contribution is 2.51. The van der Waals surface area contributed by atoms with Crippen LogP contribution in [-0.2, 0) is 11.8 Å². The van der Waals surface area contributed by atoms with Crippen LogP contribution in [0.4, 0.5) is 0 Å². The first-order valence-electron chi connectivity index (χ1n) is 11.9. The predicted molar refractivity (Wildman–Crippen MR) is 129 cm³/mol. The first kappa shape index (κ1) is 22.1. The van der Waals surface area contributed by atoms with Crippen LogP contribution in [0, 0.1) is 5.41 Å². The summed E-state index contributed by atoms with van der Waals surface area (Å²) < 4.78 is 9.27. The molecule has 2 N–H and O–H groups in total. The summed E-state index contributed by atoms with van der Waals surface area (Å²) in [5.41, 5.74) is 3.28. The van der Waals surface area contributed by atoms with Crippen molar-refractivity contribution in [3.05, 3.63) is 61.4 Å². The van der Waals surface area contributed by atoms with Crippen molar-refractivity contribution in [3.63, 3.8) is 0 Å². The zero-order valence-electron chi connectivity index (χ0n) is 19.6. The van der Waals surface area contributed by atoms with Gasteiger partial charge in [0, 0.05) is 65.9 Å². The van der Waals surface area contributed by atoms with E-state index in [1.807, 2.05) is 67.1 Å². The average Bonchev–Trinajstić information content (AvgIpc) is 3.62. The number of benzene rings is 1. The van der Waals surface area contributed by atoms with Crippen molar-refractivity contribution in [3.8, 4) is 33.6 Å². The van der Waals surface area contributed by atoms with Gasteiger partial charge in [-0.05, 0) is 24.5 Å². The molecule has 0 radical (unpaired) electrons. The topological polar surface area (TPSA) is 111 Å². The molecule has 180 valence electrons. The van der Waals surface area contributed by atoms with Crippen LogP contribution in [-0.4, -0.2) is 65.2 Å². The Morgan fingerprint density at radius 3 is 2.51 bits per heavy atom. The number of aliphatic hydroxyl groups is 2. The highest BCUT2D eigenvalue weighted by atomic mass is 16.5. The maximum Gasteiger partial charge on any atom is 0.159 e. The molecule has 1 aromatic carbocycles. The monoisotopic (exact) mass is 472 g/mol. The molecule has 2 aliphatic rings. The molecular formula is C26H28N6O3. The van der Waals surface area contributed by atoms with E-state index < -0.39 is 11.0 Å². The van der Waals surface area contributed by atoms with E-state index in [1.165, 1.54) is 0 Å². The molecule has 0 unspecified atom stereocenters. The van der Waals surface area contributed by atoms with Crippen LogP contribution < -0.4 is 0 Å².